The number of quaternary nitrogens is 1. The number of fused-ring (bicyclic) bond motifs is 6. The lowest BCUT2D eigenvalue weighted by atomic mass is 9.71. The van der Waals surface area contributed by atoms with E-state index in [-0.39, 0.29) is 18.4 Å². The highest BCUT2D eigenvalue weighted by Crippen LogP contribution is 2.49. The third-order valence-corrected chi connectivity index (χ3v) is 9.70. The summed E-state index contributed by atoms with van der Waals surface area (Å²) in [5.41, 5.74) is 3.23. The van der Waals surface area contributed by atoms with E-state index in [1.807, 2.05) is 30.5 Å². The summed E-state index contributed by atoms with van der Waals surface area (Å²) in [6, 6.07) is 27.9. The Morgan fingerprint density at radius 3 is 2.42 bits per heavy atom. The molecule has 0 amide bonds. The Morgan fingerprint density at radius 1 is 1.00 bits per heavy atom. The van der Waals surface area contributed by atoms with Crippen LogP contribution in [0.1, 0.15) is 30.1 Å². The molecule has 4 unspecified atom stereocenters. The quantitative estimate of drug-likeness (QED) is 0.196. The van der Waals surface area contributed by atoms with Crippen LogP contribution in [0.4, 0.5) is 0 Å². The number of benzene rings is 4. The van der Waals surface area contributed by atoms with Gasteiger partial charge in [-0.3, -0.25) is 4.98 Å². The van der Waals surface area contributed by atoms with Crippen LogP contribution in [0.3, 0.4) is 0 Å². The fourth-order valence-electron chi connectivity index (χ4n) is 7.71. The first-order valence-electron chi connectivity index (χ1n) is 14.1. The van der Waals surface area contributed by atoms with E-state index < -0.39 is 6.10 Å². The molecule has 4 nitrogen and oxygen atoms in total. The molecule has 5 heteroatoms. The highest BCUT2D eigenvalue weighted by Gasteiger charge is 2.54. The molecule has 3 saturated heterocycles. The monoisotopic (exact) mass is 550 g/mol. The molecule has 1 N–H and O–H groups in total. The minimum absolute atomic E-state index is 0. The molecule has 4 heterocycles. The third kappa shape index (κ3) is 4.26. The van der Waals surface area contributed by atoms with Crippen molar-refractivity contribution in [3.8, 4) is 5.75 Å². The molecule has 4 aromatic carbocycles. The van der Waals surface area contributed by atoms with Gasteiger partial charge in [0.2, 0.25) is 0 Å². The third-order valence-electron chi connectivity index (χ3n) is 9.70. The van der Waals surface area contributed by atoms with Crippen molar-refractivity contribution in [2.24, 2.45) is 11.8 Å². The molecule has 2 bridgehead atoms. The average molecular weight is 551 g/mol. The second-order valence-corrected chi connectivity index (χ2v) is 11.6. The van der Waals surface area contributed by atoms with Crippen molar-refractivity contribution in [2.45, 2.75) is 31.5 Å². The molecule has 3 aliphatic rings. The van der Waals surface area contributed by atoms with Gasteiger partial charge in [-0.25, -0.2) is 0 Å². The molecule has 5 aromatic rings. The number of hydrogen-bond donors (Lipinski definition) is 1. The van der Waals surface area contributed by atoms with Gasteiger partial charge in [0.05, 0.1) is 25.7 Å². The van der Waals surface area contributed by atoms with Crippen LogP contribution in [0, 0.1) is 11.8 Å². The highest BCUT2D eigenvalue weighted by molar-refractivity contribution is 6.02. The van der Waals surface area contributed by atoms with Gasteiger partial charge in [-0.1, -0.05) is 54.6 Å². The fourth-order valence-corrected chi connectivity index (χ4v) is 7.71. The second-order valence-electron chi connectivity index (χ2n) is 11.6. The molecular formula is C35H35ClN2O2. The first-order chi connectivity index (χ1) is 19.1. The summed E-state index contributed by atoms with van der Waals surface area (Å²) in [5, 5.41) is 18.4. The second kappa shape index (κ2) is 10.5. The average Bonchev–Trinajstić information content (AvgIpc) is 3.00. The van der Waals surface area contributed by atoms with Crippen molar-refractivity contribution >= 4 is 32.4 Å². The topological polar surface area (TPSA) is 42.4 Å². The molecule has 3 fully saturated rings. The van der Waals surface area contributed by atoms with Gasteiger partial charge in [0.1, 0.15) is 24.4 Å². The number of aromatic nitrogens is 1. The zero-order valence-corrected chi connectivity index (χ0v) is 23.6. The number of rotatable bonds is 6. The predicted molar refractivity (Wildman–Crippen MR) is 159 cm³/mol. The van der Waals surface area contributed by atoms with Gasteiger partial charge < -0.3 is 26.7 Å². The van der Waals surface area contributed by atoms with E-state index in [0.29, 0.717) is 11.8 Å². The van der Waals surface area contributed by atoms with E-state index >= 15 is 0 Å². The van der Waals surface area contributed by atoms with Crippen LogP contribution in [-0.4, -0.2) is 40.8 Å². The van der Waals surface area contributed by atoms with E-state index in [2.05, 4.69) is 72.2 Å². The number of methoxy groups -OCH3 is 1. The maximum absolute atomic E-state index is 12.2. The first kappa shape index (κ1) is 26.8. The van der Waals surface area contributed by atoms with Crippen LogP contribution in [0.15, 0.2) is 97.7 Å². The molecule has 204 valence electrons. The first-order valence-corrected chi connectivity index (χ1v) is 14.1. The smallest absolute Gasteiger partial charge is 0.131 e. The van der Waals surface area contributed by atoms with Crippen LogP contribution in [-0.2, 0) is 6.54 Å². The number of ether oxygens (including phenoxy) is 1. The lowest BCUT2D eigenvalue weighted by Crippen LogP contribution is -3.00. The largest absolute Gasteiger partial charge is 1.00 e. The zero-order chi connectivity index (χ0) is 26.6. The molecule has 40 heavy (non-hydrogen) atoms. The van der Waals surface area contributed by atoms with E-state index in [1.165, 1.54) is 33.5 Å². The summed E-state index contributed by atoms with van der Waals surface area (Å²) >= 11 is 0. The maximum Gasteiger partial charge on any atom is 0.131 e. The Morgan fingerprint density at radius 2 is 1.73 bits per heavy atom. The Bertz CT molecular complexity index is 1660. The number of halogens is 1. The maximum atomic E-state index is 12.2. The SMILES string of the molecule is C=CC1C[N+]2(Cc3c4ccccc4cc4ccccc34)CCC1CC2[C@@H](O)c1ccnc2ccc(OC)cc12.[Cl-]. The molecule has 0 spiro atoms. The van der Waals surface area contributed by atoms with Crippen molar-refractivity contribution in [1.82, 2.24) is 4.98 Å². The van der Waals surface area contributed by atoms with Crippen molar-refractivity contribution in [1.29, 1.82) is 0 Å². The number of nitrogens with zero attached hydrogens (tertiary/aromatic N) is 2. The highest BCUT2D eigenvalue weighted by atomic mass is 35.5. The molecule has 3 aliphatic heterocycles. The number of hydrogen-bond acceptors (Lipinski definition) is 3. The van der Waals surface area contributed by atoms with Gasteiger partial charge >= 0.3 is 0 Å². The molecule has 5 atom stereocenters. The van der Waals surface area contributed by atoms with E-state index in [4.69, 9.17) is 4.74 Å². The summed E-state index contributed by atoms with van der Waals surface area (Å²) < 4.78 is 6.41. The Hall–Kier alpha value is -3.44. The Labute approximate surface area is 241 Å². The van der Waals surface area contributed by atoms with Gasteiger partial charge in [0, 0.05) is 35.9 Å². The molecule has 0 aliphatic carbocycles. The summed E-state index contributed by atoms with van der Waals surface area (Å²) in [6.45, 7) is 7.21. The van der Waals surface area contributed by atoms with Gasteiger partial charge in [0.15, 0.2) is 0 Å². The summed E-state index contributed by atoms with van der Waals surface area (Å²) in [4.78, 5) is 4.59. The molecule has 0 saturated carbocycles. The van der Waals surface area contributed by atoms with Crippen molar-refractivity contribution < 1.29 is 26.7 Å². The fraction of sp³-hybridized carbons (Fsp3) is 0.286. The summed E-state index contributed by atoms with van der Waals surface area (Å²) in [7, 11) is 1.68. The van der Waals surface area contributed by atoms with Crippen LogP contribution >= 0.6 is 0 Å². The molecular weight excluding hydrogens is 516 g/mol. The van der Waals surface area contributed by atoms with E-state index in [1.54, 1.807) is 7.11 Å². The van der Waals surface area contributed by atoms with Gasteiger partial charge in [-0.2, -0.15) is 0 Å². The number of aliphatic hydroxyl groups is 1. The minimum Gasteiger partial charge on any atom is -1.00 e. The zero-order valence-electron chi connectivity index (χ0n) is 22.8. The predicted octanol–water partition coefficient (Wildman–Crippen LogP) is 4.20. The Balaban J connectivity index is 0.00000289. The lowest BCUT2D eigenvalue weighted by molar-refractivity contribution is -0.984. The normalized spacial score (nSPS) is 24.6. The van der Waals surface area contributed by atoms with E-state index in [9.17, 15) is 5.11 Å². The van der Waals surface area contributed by atoms with Gasteiger partial charge in [-0.05, 0) is 63.4 Å². The van der Waals surface area contributed by atoms with Gasteiger partial charge in [0.25, 0.3) is 0 Å². The molecule has 0 radical (unpaired) electrons. The standard InChI is InChI=1S/C35H35N2O2.ClH/c1-3-23-21-37(22-32-28-10-6-4-8-25(28)18-26-9-5-7-11-29(26)32)17-15-24(23)19-34(37)35(38)30-14-16-36-33-13-12-27(39-2)20-31(30)33;/h3-14,16,18,20,23-24,34-35,38H,1,15,17,19,21-22H2,2H3;1H/q+1;/p-1/t23?,24?,34?,35-,37?;/m0./s1. The van der Waals surface area contributed by atoms with Gasteiger partial charge in [-0.15, -0.1) is 6.58 Å². The summed E-state index contributed by atoms with van der Waals surface area (Å²) in [5.74, 6) is 1.82. The number of pyridine rings is 1. The van der Waals surface area contributed by atoms with Crippen LogP contribution in [0.2, 0.25) is 0 Å². The van der Waals surface area contributed by atoms with Crippen LogP contribution in [0.5, 0.6) is 5.75 Å². The van der Waals surface area contributed by atoms with Crippen molar-refractivity contribution in [3.05, 3.63) is 109 Å². The van der Waals surface area contributed by atoms with E-state index in [0.717, 1.165) is 52.8 Å². The lowest BCUT2D eigenvalue weighted by Gasteiger charge is -2.58. The number of piperidine rings is 3. The number of aliphatic hydroxyl groups excluding tert-OH is 1. The van der Waals surface area contributed by atoms with Crippen LogP contribution < -0.4 is 17.1 Å². The van der Waals surface area contributed by atoms with Crippen LogP contribution in [0.25, 0.3) is 32.4 Å². The summed E-state index contributed by atoms with van der Waals surface area (Å²) in [6.07, 6.45) is 5.58. The molecule has 8 rings (SSSR count). The minimum atomic E-state index is -0.600. The van der Waals surface area contributed by atoms with Crippen molar-refractivity contribution in [3.63, 3.8) is 0 Å². The van der Waals surface area contributed by atoms with Crippen molar-refractivity contribution in [2.75, 3.05) is 20.2 Å². The molecule has 1 aromatic heterocycles. The Kier molecular flexibility index (Phi) is 7.03.